The van der Waals surface area contributed by atoms with E-state index in [4.69, 9.17) is 17.3 Å². The van der Waals surface area contributed by atoms with Gasteiger partial charge in [0, 0.05) is 35.9 Å². The molecule has 142 valence electrons. The minimum Gasteiger partial charge on any atom is -0.368 e. The second-order valence-electron chi connectivity index (χ2n) is 6.46. The highest BCUT2D eigenvalue weighted by atomic mass is 35.5. The number of nitrogens with one attached hydrogen (secondary N) is 1. The Morgan fingerprint density at radius 1 is 1.26 bits per heavy atom. The average Bonchev–Trinajstić information content (AvgIpc) is 3.12. The summed E-state index contributed by atoms with van der Waals surface area (Å²) in [5.74, 6) is 0.888. The molecule has 0 aliphatic carbocycles. The first-order valence-corrected chi connectivity index (χ1v) is 9.17. The maximum atomic E-state index is 6.38. The topological polar surface area (TPSA) is 84.9 Å². The molecule has 3 N–H and O–H groups in total. The van der Waals surface area contributed by atoms with E-state index in [1.165, 1.54) is 0 Å². The molecule has 0 aliphatic rings. The SMILES string of the molecule is CCn1cc(-c2cc(NC[C@H](c3ccccc3Cl)N(C)C)nc(N)n2)cn1. The standard InChI is InChI=1S/C19H24ClN7/c1-4-27-12-13(10-23-27)16-9-18(25-19(21)24-16)22-11-17(26(2)3)14-7-5-6-8-15(14)20/h5-10,12,17H,4,11H2,1-3H3,(H3,21,22,24,25)/t17-/m1/s1. The van der Waals surface area contributed by atoms with E-state index in [-0.39, 0.29) is 12.0 Å². The van der Waals surface area contributed by atoms with Gasteiger partial charge < -0.3 is 16.0 Å². The van der Waals surface area contributed by atoms with Crippen molar-refractivity contribution < 1.29 is 0 Å². The maximum Gasteiger partial charge on any atom is 0.222 e. The molecule has 0 saturated heterocycles. The molecule has 0 bridgehead atoms. The Morgan fingerprint density at radius 3 is 2.70 bits per heavy atom. The molecule has 0 unspecified atom stereocenters. The van der Waals surface area contributed by atoms with E-state index in [0.29, 0.717) is 12.4 Å². The summed E-state index contributed by atoms with van der Waals surface area (Å²) in [6.45, 7) is 3.46. The number of rotatable bonds is 7. The largest absolute Gasteiger partial charge is 0.368 e. The van der Waals surface area contributed by atoms with Crippen molar-refractivity contribution in [2.75, 3.05) is 31.7 Å². The predicted octanol–water partition coefficient (Wildman–Crippen LogP) is 3.31. The second-order valence-corrected chi connectivity index (χ2v) is 6.87. The summed E-state index contributed by atoms with van der Waals surface area (Å²) in [6.07, 6.45) is 3.72. The van der Waals surface area contributed by atoms with Gasteiger partial charge >= 0.3 is 0 Å². The van der Waals surface area contributed by atoms with Gasteiger partial charge in [-0.15, -0.1) is 0 Å². The number of hydrogen-bond acceptors (Lipinski definition) is 6. The first-order chi connectivity index (χ1) is 13.0. The third-order valence-corrected chi connectivity index (χ3v) is 4.70. The number of nitrogen functional groups attached to an aromatic ring is 1. The highest BCUT2D eigenvalue weighted by molar-refractivity contribution is 6.31. The fraction of sp³-hybridized carbons (Fsp3) is 0.316. The number of halogens is 1. The Morgan fingerprint density at radius 2 is 2.04 bits per heavy atom. The Balaban J connectivity index is 1.81. The summed E-state index contributed by atoms with van der Waals surface area (Å²) in [6, 6.07) is 9.82. The quantitative estimate of drug-likeness (QED) is 0.649. The van der Waals surface area contributed by atoms with Crippen LogP contribution in [0.1, 0.15) is 18.5 Å². The van der Waals surface area contributed by atoms with Gasteiger partial charge in [-0.1, -0.05) is 29.8 Å². The molecule has 7 nitrogen and oxygen atoms in total. The highest BCUT2D eigenvalue weighted by Crippen LogP contribution is 2.27. The first-order valence-electron chi connectivity index (χ1n) is 8.80. The molecule has 1 aromatic carbocycles. The number of hydrogen-bond donors (Lipinski definition) is 2. The van der Waals surface area contributed by atoms with Gasteiger partial charge in [-0.25, -0.2) is 4.98 Å². The van der Waals surface area contributed by atoms with E-state index in [1.807, 2.05) is 62.2 Å². The highest BCUT2D eigenvalue weighted by Gasteiger charge is 2.17. The molecule has 0 spiro atoms. The minimum atomic E-state index is 0.0844. The number of aryl methyl sites for hydroxylation is 1. The number of likely N-dealkylation sites (N-methyl/N-ethyl adjacent to an activating group) is 1. The van der Waals surface area contributed by atoms with Crippen LogP contribution in [0.2, 0.25) is 5.02 Å². The van der Waals surface area contributed by atoms with Crippen molar-refractivity contribution >= 4 is 23.4 Å². The van der Waals surface area contributed by atoms with E-state index >= 15 is 0 Å². The van der Waals surface area contributed by atoms with Crippen LogP contribution in [-0.4, -0.2) is 45.3 Å². The molecule has 1 atom stereocenters. The van der Waals surface area contributed by atoms with E-state index in [0.717, 1.165) is 28.4 Å². The number of benzene rings is 1. The zero-order valence-corrected chi connectivity index (χ0v) is 16.5. The van der Waals surface area contributed by atoms with Crippen LogP contribution in [-0.2, 0) is 6.54 Å². The molecular formula is C19H24ClN7. The number of anilines is 2. The van der Waals surface area contributed by atoms with Gasteiger partial charge in [0.1, 0.15) is 5.82 Å². The van der Waals surface area contributed by atoms with E-state index in [1.54, 1.807) is 6.20 Å². The summed E-state index contributed by atoms with van der Waals surface area (Å²) >= 11 is 6.38. The first kappa shape index (κ1) is 19.1. The van der Waals surface area contributed by atoms with Crippen molar-refractivity contribution in [1.29, 1.82) is 0 Å². The molecule has 27 heavy (non-hydrogen) atoms. The zero-order valence-electron chi connectivity index (χ0n) is 15.7. The van der Waals surface area contributed by atoms with Crippen LogP contribution >= 0.6 is 11.6 Å². The number of nitrogens with zero attached hydrogens (tertiary/aromatic N) is 5. The van der Waals surface area contributed by atoms with Crippen LogP contribution in [0.15, 0.2) is 42.7 Å². The molecule has 8 heteroatoms. The van der Waals surface area contributed by atoms with Crippen molar-refractivity contribution in [1.82, 2.24) is 24.6 Å². The van der Waals surface area contributed by atoms with Gasteiger partial charge in [-0.2, -0.15) is 10.1 Å². The van der Waals surface area contributed by atoms with E-state index < -0.39 is 0 Å². The van der Waals surface area contributed by atoms with Crippen LogP contribution < -0.4 is 11.1 Å². The fourth-order valence-electron chi connectivity index (χ4n) is 2.89. The van der Waals surface area contributed by atoms with Crippen LogP contribution in [0, 0.1) is 0 Å². The predicted molar refractivity (Wildman–Crippen MR) is 110 cm³/mol. The van der Waals surface area contributed by atoms with E-state index in [9.17, 15) is 0 Å². The van der Waals surface area contributed by atoms with Gasteiger partial charge in [0.2, 0.25) is 5.95 Å². The van der Waals surface area contributed by atoms with Crippen molar-refractivity contribution in [2.24, 2.45) is 0 Å². The van der Waals surface area contributed by atoms with Crippen LogP contribution in [0.25, 0.3) is 11.3 Å². The minimum absolute atomic E-state index is 0.0844. The number of nitrogens with two attached hydrogens (primary N) is 1. The summed E-state index contributed by atoms with van der Waals surface area (Å²) in [5.41, 5.74) is 8.62. The monoisotopic (exact) mass is 385 g/mol. The Labute approximate surface area is 164 Å². The molecule has 0 saturated carbocycles. The molecule has 0 fully saturated rings. The summed E-state index contributed by atoms with van der Waals surface area (Å²) in [5, 5.41) is 8.40. The lowest BCUT2D eigenvalue weighted by Gasteiger charge is -2.26. The van der Waals surface area contributed by atoms with E-state index in [2.05, 4.69) is 25.3 Å². The fourth-order valence-corrected chi connectivity index (χ4v) is 3.15. The van der Waals surface area contributed by atoms with Gasteiger partial charge in [0.05, 0.1) is 17.9 Å². The number of aromatic nitrogens is 4. The van der Waals surface area contributed by atoms with Crippen molar-refractivity contribution in [3.63, 3.8) is 0 Å². The molecule has 2 heterocycles. The molecule has 3 rings (SSSR count). The third kappa shape index (κ3) is 4.56. The lowest BCUT2D eigenvalue weighted by molar-refractivity contribution is 0.312. The average molecular weight is 386 g/mol. The van der Waals surface area contributed by atoms with Gasteiger partial charge in [-0.3, -0.25) is 4.68 Å². The Bertz CT molecular complexity index is 907. The van der Waals surface area contributed by atoms with Crippen LogP contribution in [0.5, 0.6) is 0 Å². The van der Waals surface area contributed by atoms with Crippen LogP contribution in [0.4, 0.5) is 11.8 Å². The summed E-state index contributed by atoms with van der Waals surface area (Å²) in [7, 11) is 4.04. The second kappa shape index (κ2) is 8.37. The maximum absolute atomic E-state index is 6.38. The smallest absolute Gasteiger partial charge is 0.222 e. The molecule has 2 aromatic heterocycles. The Kier molecular flexibility index (Phi) is 5.93. The molecule has 3 aromatic rings. The molecule has 0 aliphatic heterocycles. The molecule has 0 radical (unpaired) electrons. The lowest BCUT2D eigenvalue weighted by atomic mass is 10.1. The van der Waals surface area contributed by atoms with Crippen molar-refractivity contribution in [3.05, 3.63) is 53.3 Å². The van der Waals surface area contributed by atoms with Gasteiger partial charge in [0.15, 0.2) is 0 Å². The Hall–Kier alpha value is -2.64. The third-order valence-electron chi connectivity index (χ3n) is 4.36. The zero-order chi connectivity index (χ0) is 19.4. The van der Waals surface area contributed by atoms with Gasteiger partial charge in [-0.05, 0) is 32.6 Å². The summed E-state index contributed by atoms with van der Waals surface area (Å²) in [4.78, 5) is 10.8. The van der Waals surface area contributed by atoms with Gasteiger partial charge in [0.25, 0.3) is 0 Å². The molecular weight excluding hydrogens is 362 g/mol. The normalized spacial score (nSPS) is 12.3. The summed E-state index contributed by atoms with van der Waals surface area (Å²) < 4.78 is 1.85. The van der Waals surface area contributed by atoms with Crippen molar-refractivity contribution in [3.8, 4) is 11.3 Å². The lowest BCUT2D eigenvalue weighted by Crippen LogP contribution is -2.27. The van der Waals surface area contributed by atoms with Crippen LogP contribution in [0.3, 0.4) is 0 Å². The molecule has 0 amide bonds. The van der Waals surface area contributed by atoms with Crippen molar-refractivity contribution in [2.45, 2.75) is 19.5 Å².